The van der Waals surface area contributed by atoms with E-state index in [2.05, 4.69) is 5.32 Å². The molecule has 0 unspecified atom stereocenters. The van der Waals surface area contributed by atoms with Gasteiger partial charge in [-0.15, -0.1) is 0 Å². The lowest BCUT2D eigenvalue weighted by Gasteiger charge is -2.21. The molecule has 0 saturated heterocycles. The van der Waals surface area contributed by atoms with Crippen molar-refractivity contribution in [1.82, 2.24) is 4.31 Å². The summed E-state index contributed by atoms with van der Waals surface area (Å²) in [6.07, 6.45) is 1.42. The Hall–Kier alpha value is -3.17. The van der Waals surface area contributed by atoms with Gasteiger partial charge in [0.15, 0.2) is 0 Å². The van der Waals surface area contributed by atoms with E-state index in [0.717, 1.165) is 10.4 Å². The molecule has 9 heteroatoms. The van der Waals surface area contributed by atoms with E-state index in [0.29, 0.717) is 18.1 Å². The molecule has 1 heterocycles. The quantitative estimate of drug-likeness (QED) is 0.558. The summed E-state index contributed by atoms with van der Waals surface area (Å²) in [7, 11) is -4.02. The van der Waals surface area contributed by atoms with Gasteiger partial charge in [0, 0.05) is 5.69 Å². The second kappa shape index (κ2) is 9.55. The molecule has 0 bridgehead atoms. The molecular formula is C21H21FN2O5S. The maximum atomic E-state index is 13.3. The van der Waals surface area contributed by atoms with E-state index in [1.165, 1.54) is 36.6 Å². The van der Waals surface area contributed by atoms with Gasteiger partial charge in [-0.2, -0.15) is 4.31 Å². The minimum absolute atomic E-state index is 0.0102. The van der Waals surface area contributed by atoms with Crippen LogP contribution in [0.15, 0.2) is 76.2 Å². The van der Waals surface area contributed by atoms with Crippen LogP contribution in [0, 0.1) is 5.82 Å². The molecule has 1 N–H and O–H groups in total. The monoisotopic (exact) mass is 432 g/mol. The van der Waals surface area contributed by atoms with Gasteiger partial charge in [0.2, 0.25) is 15.9 Å². The second-order valence-corrected chi connectivity index (χ2v) is 8.25. The number of halogens is 1. The third-order valence-electron chi connectivity index (χ3n) is 4.11. The van der Waals surface area contributed by atoms with E-state index in [1.54, 1.807) is 24.3 Å². The maximum absolute atomic E-state index is 13.3. The number of hydrogen-bond donors (Lipinski definition) is 1. The Morgan fingerprint density at radius 3 is 2.53 bits per heavy atom. The van der Waals surface area contributed by atoms with Crippen molar-refractivity contribution >= 4 is 21.6 Å². The number of ether oxygens (including phenoxy) is 1. The average Bonchev–Trinajstić information content (AvgIpc) is 3.21. The third kappa shape index (κ3) is 5.46. The standard InChI is InChI=1S/C21H21FN2O5S/c1-2-28-18-8-10-20(11-9-18)30(26,27)24(14-19-7-4-12-29-19)15-21(25)23-17-6-3-5-16(22)13-17/h3-13H,2,14-15H2,1H3,(H,23,25). The highest BCUT2D eigenvalue weighted by atomic mass is 32.2. The number of nitrogens with one attached hydrogen (secondary N) is 1. The summed E-state index contributed by atoms with van der Waals surface area (Å²) >= 11 is 0. The van der Waals surface area contributed by atoms with Crippen molar-refractivity contribution in [1.29, 1.82) is 0 Å². The molecule has 7 nitrogen and oxygen atoms in total. The van der Waals surface area contributed by atoms with Gasteiger partial charge in [0.25, 0.3) is 0 Å². The molecule has 0 aliphatic heterocycles. The van der Waals surface area contributed by atoms with Crippen molar-refractivity contribution in [2.45, 2.75) is 18.4 Å². The van der Waals surface area contributed by atoms with E-state index in [4.69, 9.17) is 9.15 Å². The van der Waals surface area contributed by atoms with Crippen LogP contribution in [0.1, 0.15) is 12.7 Å². The van der Waals surface area contributed by atoms with Crippen LogP contribution in [0.25, 0.3) is 0 Å². The summed E-state index contributed by atoms with van der Waals surface area (Å²) in [6, 6.07) is 14.5. The van der Waals surface area contributed by atoms with Crippen molar-refractivity contribution < 1.29 is 26.8 Å². The van der Waals surface area contributed by atoms with Gasteiger partial charge in [0.05, 0.1) is 30.9 Å². The summed E-state index contributed by atoms with van der Waals surface area (Å²) in [5.41, 5.74) is 0.233. The fourth-order valence-electron chi connectivity index (χ4n) is 2.75. The zero-order valence-corrected chi connectivity index (χ0v) is 17.1. The van der Waals surface area contributed by atoms with Crippen LogP contribution < -0.4 is 10.1 Å². The fourth-order valence-corrected chi connectivity index (χ4v) is 4.12. The number of hydrogen-bond acceptors (Lipinski definition) is 5. The molecule has 3 rings (SSSR count). The first-order valence-corrected chi connectivity index (χ1v) is 10.6. The number of benzene rings is 2. The number of sulfonamides is 1. The van der Waals surface area contributed by atoms with Crippen LogP contribution in [0.4, 0.5) is 10.1 Å². The first-order chi connectivity index (χ1) is 14.4. The summed E-state index contributed by atoms with van der Waals surface area (Å²) in [4.78, 5) is 12.5. The lowest BCUT2D eigenvalue weighted by atomic mass is 10.3. The molecule has 30 heavy (non-hydrogen) atoms. The normalized spacial score (nSPS) is 11.4. The number of rotatable bonds is 9. The van der Waals surface area contributed by atoms with Crippen molar-refractivity contribution in [3.8, 4) is 5.75 Å². The number of carbonyl (C=O) groups excluding carboxylic acids is 1. The third-order valence-corrected chi connectivity index (χ3v) is 5.92. The zero-order valence-electron chi connectivity index (χ0n) is 16.2. The molecular weight excluding hydrogens is 411 g/mol. The summed E-state index contributed by atoms with van der Waals surface area (Å²) in [5.74, 6) is -0.204. The van der Waals surface area contributed by atoms with E-state index in [9.17, 15) is 17.6 Å². The van der Waals surface area contributed by atoms with E-state index < -0.39 is 28.3 Å². The first kappa shape index (κ1) is 21.5. The lowest BCUT2D eigenvalue weighted by Crippen LogP contribution is -2.37. The topological polar surface area (TPSA) is 88.9 Å². The molecule has 0 aliphatic rings. The van der Waals surface area contributed by atoms with Gasteiger partial charge in [-0.1, -0.05) is 6.07 Å². The van der Waals surface area contributed by atoms with Crippen molar-refractivity contribution in [2.75, 3.05) is 18.5 Å². The number of amides is 1. The van der Waals surface area contributed by atoms with Crippen LogP contribution >= 0.6 is 0 Å². The maximum Gasteiger partial charge on any atom is 0.243 e. The van der Waals surface area contributed by atoms with Gasteiger partial charge in [-0.05, 0) is 61.5 Å². The molecule has 1 aromatic heterocycles. The molecule has 3 aromatic rings. The number of anilines is 1. The average molecular weight is 432 g/mol. The summed E-state index contributed by atoms with van der Waals surface area (Å²) in [5, 5.41) is 2.51. The minimum Gasteiger partial charge on any atom is -0.494 e. The van der Waals surface area contributed by atoms with Gasteiger partial charge >= 0.3 is 0 Å². The van der Waals surface area contributed by atoms with Crippen molar-refractivity contribution in [3.05, 3.63) is 78.5 Å². The van der Waals surface area contributed by atoms with Crippen LogP contribution in [-0.2, 0) is 21.4 Å². The zero-order chi connectivity index (χ0) is 21.6. The van der Waals surface area contributed by atoms with Crippen LogP contribution in [0.5, 0.6) is 5.75 Å². The predicted octanol–water partition coefficient (Wildman–Crippen LogP) is 3.65. The highest BCUT2D eigenvalue weighted by Crippen LogP contribution is 2.22. The van der Waals surface area contributed by atoms with Gasteiger partial charge in [0.1, 0.15) is 17.3 Å². The molecule has 0 fully saturated rings. The van der Waals surface area contributed by atoms with Gasteiger partial charge < -0.3 is 14.5 Å². The van der Waals surface area contributed by atoms with E-state index in [-0.39, 0.29) is 17.1 Å². The van der Waals surface area contributed by atoms with Crippen LogP contribution in [0.2, 0.25) is 0 Å². The lowest BCUT2D eigenvalue weighted by molar-refractivity contribution is -0.116. The highest BCUT2D eigenvalue weighted by molar-refractivity contribution is 7.89. The second-order valence-electron chi connectivity index (χ2n) is 6.32. The Morgan fingerprint density at radius 2 is 1.90 bits per heavy atom. The predicted molar refractivity (Wildman–Crippen MR) is 109 cm³/mol. The van der Waals surface area contributed by atoms with E-state index in [1.807, 2.05) is 6.92 Å². The number of nitrogens with zero attached hydrogens (tertiary/aromatic N) is 1. The van der Waals surface area contributed by atoms with Crippen LogP contribution in [-0.4, -0.2) is 31.8 Å². The Labute approximate surface area is 174 Å². The Balaban J connectivity index is 1.82. The van der Waals surface area contributed by atoms with Gasteiger partial charge in [-0.25, -0.2) is 12.8 Å². The van der Waals surface area contributed by atoms with E-state index >= 15 is 0 Å². The summed E-state index contributed by atoms with van der Waals surface area (Å²) in [6.45, 7) is 1.66. The smallest absolute Gasteiger partial charge is 0.243 e. The molecule has 0 radical (unpaired) electrons. The molecule has 0 saturated carbocycles. The molecule has 1 amide bonds. The van der Waals surface area contributed by atoms with Crippen LogP contribution in [0.3, 0.4) is 0 Å². The Bertz CT molecular complexity index is 1080. The molecule has 2 aromatic carbocycles. The number of carbonyl (C=O) groups is 1. The molecule has 0 aliphatic carbocycles. The summed E-state index contributed by atoms with van der Waals surface area (Å²) < 4.78 is 51.3. The SMILES string of the molecule is CCOc1ccc(S(=O)(=O)N(CC(=O)Nc2cccc(F)c2)Cc2ccco2)cc1. The molecule has 0 spiro atoms. The van der Waals surface area contributed by atoms with Crippen molar-refractivity contribution in [3.63, 3.8) is 0 Å². The van der Waals surface area contributed by atoms with Crippen molar-refractivity contribution in [2.24, 2.45) is 0 Å². The van der Waals surface area contributed by atoms with Gasteiger partial charge in [-0.3, -0.25) is 4.79 Å². The Kier molecular flexibility index (Phi) is 6.86. The Morgan fingerprint density at radius 1 is 1.13 bits per heavy atom. The first-order valence-electron chi connectivity index (χ1n) is 9.19. The minimum atomic E-state index is -4.02. The largest absolute Gasteiger partial charge is 0.494 e. The fraction of sp³-hybridized carbons (Fsp3) is 0.190. The molecule has 158 valence electrons. The highest BCUT2D eigenvalue weighted by Gasteiger charge is 2.28. The number of furan rings is 1. The molecule has 0 atom stereocenters.